The lowest BCUT2D eigenvalue weighted by molar-refractivity contribution is 0.0849. The molecule has 0 spiro atoms. The summed E-state index contributed by atoms with van der Waals surface area (Å²) < 4.78 is 5.00. The minimum absolute atomic E-state index is 0.336. The van der Waals surface area contributed by atoms with Gasteiger partial charge in [0.05, 0.1) is 12.0 Å². The summed E-state index contributed by atoms with van der Waals surface area (Å²) in [6.07, 6.45) is 0. The van der Waals surface area contributed by atoms with Crippen molar-refractivity contribution in [2.45, 2.75) is 0 Å². The summed E-state index contributed by atoms with van der Waals surface area (Å²) in [5.41, 5.74) is 5.14. The predicted octanol–water partition coefficient (Wildman–Crippen LogP) is 1.83. The third-order valence-corrected chi connectivity index (χ3v) is 3.26. The Morgan fingerprint density at radius 2 is 1.74 bits per heavy atom. The molecule has 0 bridgehead atoms. The number of amides is 2. The predicted molar refractivity (Wildman–Crippen MR) is 72.2 cm³/mol. The number of methoxy groups -OCH3 is 1. The number of ether oxygens (including phenoxy) is 1. The smallest absolute Gasteiger partial charge is 0.279 e. The molecule has 0 aliphatic carbocycles. The molecular formula is C13H12N2O3S. The molecule has 0 unspecified atom stereocenters. The number of rotatable bonds is 3. The van der Waals surface area contributed by atoms with Crippen molar-refractivity contribution in [1.82, 2.24) is 10.9 Å². The Morgan fingerprint density at radius 1 is 1.05 bits per heavy atom. The normalized spacial score (nSPS) is 9.74. The maximum atomic E-state index is 11.8. The van der Waals surface area contributed by atoms with Crippen molar-refractivity contribution in [3.8, 4) is 5.75 Å². The Morgan fingerprint density at radius 3 is 2.32 bits per heavy atom. The van der Waals surface area contributed by atoms with Gasteiger partial charge < -0.3 is 4.74 Å². The lowest BCUT2D eigenvalue weighted by Crippen LogP contribution is -2.41. The zero-order valence-electron chi connectivity index (χ0n) is 10.2. The maximum Gasteiger partial charge on any atom is 0.279 e. The molecule has 2 amide bonds. The van der Waals surface area contributed by atoms with Crippen LogP contribution in [0.3, 0.4) is 0 Å². The van der Waals surface area contributed by atoms with Crippen molar-refractivity contribution in [3.63, 3.8) is 0 Å². The van der Waals surface area contributed by atoms with Gasteiger partial charge in [0.2, 0.25) is 0 Å². The molecule has 0 fully saturated rings. The van der Waals surface area contributed by atoms with Crippen LogP contribution in [0.1, 0.15) is 20.0 Å². The first kappa shape index (κ1) is 13.1. The van der Waals surface area contributed by atoms with Crippen molar-refractivity contribution in [3.05, 3.63) is 52.2 Å². The summed E-state index contributed by atoms with van der Waals surface area (Å²) in [5, 5.41) is 1.79. The molecular weight excluding hydrogens is 264 g/mol. The third-order valence-electron chi connectivity index (χ3n) is 2.39. The van der Waals surface area contributed by atoms with Crippen LogP contribution in [0.5, 0.6) is 5.75 Å². The van der Waals surface area contributed by atoms with Crippen molar-refractivity contribution in [1.29, 1.82) is 0 Å². The van der Waals surface area contributed by atoms with Gasteiger partial charge in [0.15, 0.2) is 0 Å². The van der Waals surface area contributed by atoms with Gasteiger partial charge >= 0.3 is 0 Å². The van der Waals surface area contributed by atoms with Gasteiger partial charge in [-0.25, -0.2) is 0 Å². The van der Waals surface area contributed by atoms with E-state index in [0.717, 1.165) is 0 Å². The Bertz CT molecular complexity index is 564. The second kappa shape index (κ2) is 6.01. The van der Waals surface area contributed by atoms with Crippen LogP contribution in [0.2, 0.25) is 0 Å². The molecule has 19 heavy (non-hydrogen) atoms. The van der Waals surface area contributed by atoms with Crippen LogP contribution in [0.4, 0.5) is 0 Å². The molecule has 5 nitrogen and oxygen atoms in total. The first-order valence-electron chi connectivity index (χ1n) is 5.49. The van der Waals surface area contributed by atoms with Gasteiger partial charge in [0.25, 0.3) is 11.8 Å². The van der Waals surface area contributed by atoms with Crippen LogP contribution >= 0.6 is 11.3 Å². The fourth-order valence-corrected chi connectivity index (χ4v) is 2.02. The van der Waals surface area contributed by atoms with Gasteiger partial charge in [-0.1, -0.05) is 6.07 Å². The Hall–Kier alpha value is -2.34. The molecule has 0 saturated heterocycles. The highest BCUT2D eigenvalue weighted by Gasteiger charge is 2.09. The molecule has 0 aliphatic heterocycles. The van der Waals surface area contributed by atoms with E-state index in [4.69, 9.17) is 4.74 Å². The second-order valence-electron chi connectivity index (χ2n) is 3.61. The lowest BCUT2D eigenvalue weighted by atomic mass is 10.2. The van der Waals surface area contributed by atoms with Crippen LogP contribution in [0, 0.1) is 0 Å². The zero-order valence-corrected chi connectivity index (χ0v) is 11.0. The number of thiophene rings is 1. The van der Waals surface area contributed by atoms with Crippen molar-refractivity contribution in [2.24, 2.45) is 0 Å². The lowest BCUT2D eigenvalue weighted by Gasteiger charge is -2.06. The third kappa shape index (κ3) is 3.32. The Labute approximate surface area is 114 Å². The molecule has 1 aromatic heterocycles. The number of carbonyl (C=O) groups is 2. The average molecular weight is 276 g/mol. The minimum atomic E-state index is -0.382. The summed E-state index contributed by atoms with van der Waals surface area (Å²) in [6, 6.07) is 10.0. The van der Waals surface area contributed by atoms with Crippen LogP contribution in [-0.2, 0) is 0 Å². The summed E-state index contributed by atoms with van der Waals surface area (Å²) in [5.74, 6) is -0.0522. The second-order valence-corrected chi connectivity index (χ2v) is 4.56. The summed E-state index contributed by atoms with van der Waals surface area (Å²) in [4.78, 5) is 23.9. The topological polar surface area (TPSA) is 67.4 Å². The van der Waals surface area contributed by atoms with E-state index < -0.39 is 0 Å². The summed E-state index contributed by atoms with van der Waals surface area (Å²) in [6.45, 7) is 0. The Balaban J connectivity index is 1.92. The van der Waals surface area contributed by atoms with E-state index >= 15 is 0 Å². The number of hydrogen-bond acceptors (Lipinski definition) is 4. The molecule has 6 heteroatoms. The van der Waals surface area contributed by atoms with E-state index in [0.29, 0.717) is 16.2 Å². The number of hydrazine groups is 1. The van der Waals surface area contributed by atoms with E-state index in [9.17, 15) is 9.59 Å². The largest absolute Gasteiger partial charge is 0.497 e. The quantitative estimate of drug-likeness (QED) is 0.840. The van der Waals surface area contributed by atoms with Crippen LogP contribution in [0.25, 0.3) is 0 Å². The van der Waals surface area contributed by atoms with Gasteiger partial charge in [-0.3, -0.25) is 20.4 Å². The SMILES string of the molecule is COc1ccc(C(=O)NNC(=O)c2cccs2)cc1. The summed E-state index contributed by atoms with van der Waals surface area (Å²) >= 11 is 1.30. The molecule has 2 N–H and O–H groups in total. The van der Waals surface area contributed by atoms with E-state index in [2.05, 4.69) is 10.9 Å². The van der Waals surface area contributed by atoms with Crippen LogP contribution < -0.4 is 15.6 Å². The van der Waals surface area contributed by atoms with Crippen LogP contribution in [-0.4, -0.2) is 18.9 Å². The molecule has 98 valence electrons. The van der Waals surface area contributed by atoms with Gasteiger partial charge in [0, 0.05) is 5.56 Å². The highest BCUT2D eigenvalue weighted by Crippen LogP contribution is 2.11. The van der Waals surface area contributed by atoms with Gasteiger partial charge in [-0.05, 0) is 35.7 Å². The Kier molecular flexibility index (Phi) is 4.15. The van der Waals surface area contributed by atoms with E-state index in [1.165, 1.54) is 11.3 Å². The van der Waals surface area contributed by atoms with Gasteiger partial charge in [-0.15, -0.1) is 11.3 Å². The van der Waals surface area contributed by atoms with E-state index in [-0.39, 0.29) is 11.8 Å². The first-order chi connectivity index (χ1) is 9.20. The zero-order chi connectivity index (χ0) is 13.7. The maximum absolute atomic E-state index is 11.8. The first-order valence-corrected chi connectivity index (χ1v) is 6.37. The molecule has 2 rings (SSSR count). The molecule has 1 heterocycles. The molecule has 0 saturated carbocycles. The van der Waals surface area contributed by atoms with E-state index in [1.807, 2.05) is 0 Å². The minimum Gasteiger partial charge on any atom is -0.497 e. The van der Waals surface area contributed by atoms with Crippen LogP contribution in [0.15, 0.2) is 41.8 Å². The standard InChI is InChI=1S/C13H12N2O3S/c1-18-10-6-4-9(5-7-10)12(16)14-15-13(17)11-3-2-8-19-11/h2-8H,1H3,(H,14,16)(H,15,17). The van der Waals surface area contributed by atoms with Crippen molar-refractivity contribution < 1.29 is 14.3 Å². The molecule has 0 atom stereocenters. The van der Waals surface area contributed by atoms with Gasteiger partial charge in [0.1, 0.15) is 5.75 Å². The van der Waals surface area contributed by atoms with E-state index in [1.54, 1.807) is 48.9 Å². The average Bonchev–Trinajstić information content (AvgIpc) is 2.98. The number of hydrogen-bond donors (Lipinski definition) is 2. The van der Waals surface area contributed by atoms with Crippen molar-refractivity contribution in [2.75, 3.05) is 7.11 Å². The molecule has 2 aromatic rings. The molecule has 0 radical (unpaired) electrons. The summed E-state index contributed by atoms with van der Waals surface area (Å²) in [7, 11) is 1.55. The highest BCUT2D eigenvalue weighted by molar-refractivity contribution is 7.12. The number of carbonyl (C=O) groups excluding carboxylic acids is 2. The van der Waals surface area contributed by atoms with Gasteiger partial charge in [-0.2, -0.15) is 0 Å². The highest BCUT2D eigenvalue weighted by atomic mass is 32.1. The molecule has 1 aromatic carbocycles. The molecule has 0 aliphatic rings. The fraction of sp³-hybridized carbons (Fsp3) is 0.0769. The fourth-order valence-electron chi connectivity index (χ4n) is 1.40. The number of benzene rings is 1. The number of nitrogens with one attached hydrogen (secondary N) is 2. The van der Waals surface area contributed by atoms with Crippen molar-refractivity contribution >= 4 is 23.2 Å². The monoisotopic (exact) mass is 276 g/mol.